The van der Waals surface area contributed by atoms with E-state index in [1.165, 1.54) is 19.3 Å². The second-order valence-corrected chi connectivity index (χ2v) is 5.05. The average Bonchev–Trinajstić information content (AvgIpc) is 2.39. The number of rotatable bonds is 4. The van der Waals surface area contributed by atoms with Crippen LogP contribution in [0.2, 0.25) is 0 Å². The van der Waals surface area contributed by atoms with Crippen LogP contribution in [0.25, 0.3) is 0 Å². The second-order valence-electron chi connectivity index (χ2n) is 5.05. The largest absolute Gasteiger partial charge is 0.397 e. The lowest BCUT2D eigenvalue weighted by Gasteiger charge is -2.35. The fourth-order valence-electron chi connectivity index (χ4n) is 2.48. The molecule has 1 saturated carbocycles. The van der Waals surface area contributed by atoms with Crippen molar-refractivity contribution in [1.29, 1.82) is 0 Å². The highest BCUT2D eigenvalue weighted by molar-refractivity contribution is 5.43. The van der Waals surface area contributed by atoms with Crippen LogP contribution < -0.4 is 11.1 Å². The minimum Gasteiger partial charge on any atom is -0.397 e. The van der Waals surface area contributed by atoms with Gasteiger partial charge in [-0.05, 0) is 25.0 Å². The summed E-state index contributed by atoms with van der Waals surface area (Å²) in [5, 5.41) is 12.9. The molecule has 94 valence electrons. The Morgan fingerprint density at radius 3 is 2.65 bits per heavy atom. The van der Waals surface area contributed by atoms with E-state index in [0.717, 1.165) is 25.2 Å². The first-order valence-corrected chi connectivity index (χ1v) is 6.30. The number of pyridine rings is 1. The van der Waals surface area contributed by atoms with E-state index in [-0.39, 0.29) is 12.0 Å². The van der Waals surface area contributed by atoms with E-state index in [9.17, 15) is 5.11 Å². The summed E-state index contributed by atoms with van der Waals surface area (Å²) in [6, 6.07) is 3.71. The second kappa shape index (κ2) is 5.36. The van der Waals surface area contributed by atoms with Crippen molar-refractivity contribution in [3.63, 3.8) is 0 Å². The van der Waals surface area contributed by atoms with Crippen LogP contribution in [-0.2, 0) is 0 Å². The van der Waals surface area contributed by atoms with E-state index in [2.05, 4.69) is 10.3 Å². The molecule has 0 radical (unpaired) electrons. The molecule has 0 bridgehead atoms. The van der Waals surface area contributed by atoms with Gasteiger partial charge in [0.1, 0.15) is 5.82 Å². The molecule has 1 heterocycles. The lowest BCUT2D eigenvalue weighted by molar-refractivity contribution is 0.0943. The number of nitrogens with one attached hydrogen (secondary N) is 1. The summed E-state index contributed by atoms with van der Waals surface area (Å²) in [5.74, 6) is 0.831. The predicted molar refractivity (Wildman–Crippen MR) is 69.7 cm³/mol. The number of aliphatic hydroxyl groups excluding tert-OH is 1. The average molecular weight is 235 g/mol. The van der Waals surface area contributed by atoms with E-state index in [0.29, 0.717) is 5.69 Å². The maximum atomic E-state index is 9.58. The molecule has 2 rings (SSSR count). The van der Waals surface area contributed by atoms with Crippen LogP contribution in [-0.4, -0.2) is 23.2 Å². The molecule has 4 heteroatoms. The molecule has 0 atom stereocenters. The molecule has 4 N–H and O–H groups in total. The van der Waals surface area contributed by atoms with Gasteiger partial charge >= 0.3 is 0 Å². The molecule has 1 aliphatic carbocycles. The summed E-state index contributed by atoms with van der Waals surface area (Å²) >= 11 is 0. The summed E-state index contributed by atoms with van der Waals surface area (Å²) in [4.78, 5) is 4.21. The standard InChI is InChI=1S/C13H21N3O/c14-11-4-5-12(15-8-11)16-9-13(10-17)6-2-1-3-7-13/h4-5,8,17H,1-3,6-7,9-10,14H2,(H,15,16). The zero-order valence-electron chi connectivity index (χ0n) is 10.2. The van der Waals surface area contributed by atoms with Crippen molar-refractivity contribution in [2.75, 3.05) is 24.2 Å². The van der Waals surface area contributed by atoms with Gasteiger partial charge in [0, 0.05) is 12.0 Å². The Labute approximate surface area is 102 Å². The Hall–Kier alpha value is -1.29. The minimum absolute atomic E-state index is 0.0430. The van der Waals surface area contributed by atoms with Crippen molar-refractivity contribution >= 4 is 11.5 Å². The zero-order chi connectivity index (χ0) is 12.1. The van der Waals surface area contributed by atoms with E-state index < -0.39 is 0 Å². The highest BCUT2D eigenvalue weighted by Gasteiger charge is 2.31. The lowest BCUT2D eigenvalue weighted by atomic mass is 9.74. The SMILES string of the molecule is Nc1ccc(NCC2(CO)CCCCC2)nc1. The van der Waals surface area contributed by atoms with Gasteiger partial charge in [0.15, 0.2) is 0 Å². The van der Waals surface area contributed by atoms with Gasteiger partial charge in [0.25, 0.3) is 0 Å². The molecule has 0 spiro atoms. The first kappa shape index (κ1) is 12.2. The Balaban J connectivity index is 1.93. The third kappa shape index (κ3) is 3.09. The summed E-state index contributed by atoms with van der Waals surface area (Å²) in [6.45, 7) is 1.05. The zero-order valence-corrected chi connectivity index (χ0v) is 10.2. The van der Waals surface area contributed by atoms with Crippen LogP contribution in [0, 0.1) is 5.41 Å². The van der Waals surface area contributed by atoms with Gasteiger partial charge in [0.05, 0.1) is 18.5 Å². The molecule has 1 fully saturated rings. The number of nitrogens with zero attached hydrogens (tertiary/aromatic N) is 1. The molecule has 17 heavy (non-hydrogen) atoms. The van der Waals surface area contributed by atoms with Crippen molar-refractivity contribution < 1.29 is 5.11 Å². The highest BCUT2D eigenvalue weighted by atomic mass is 16.3. The van der Waals surface area contributed by atoms with Crippen LogP contribution in [0.1, 0.15) is 32.1 Å². The van der Waals surface area contributed by atoms with E-state index in [1.807, 2.05) is 12.1 Å². The Kier molecular flexibility index (Phi) is 3.84. The molecule has 0 amide bonds. The molecule has 1 aromatic heterocycles. The predicted octanol–water partition coefficient (Wildman–Crippen LogP) is 2.02. The van der Waals surface area contributed by atoms with Crippen molar-refractivity contribution in [3.05, 3.63) is 18.3 Å². The number of nitrogens with two attached hydrogens (primary N) is 1. The normalized spacial score (nSPS) is 18.9. The van der Waals surface area contributed by atoms with Gasteiger partial charge < -0.3 is 16.2 Å². The molecule has 1 aliphatic rings. The topological polar surface area (TPSA) is 71.2 Å². The summed E-state index contributed by atoms with van der Waals surface area (Å²) in [7, 11) is 0. The van der Waals surface area contributed by atoms with Crippen molar-refractivity contribution in [2.24, 2.45) is 5.41 Å². The molecular weight excluding hydrogens is 214 g/mol. The smallest absolute Gasteiger partial charge is 0.126 e. The number of nitrogen functional groups attached to an aromatic ring is 1. The fourth-order valence-corrected chi connectivity index (χ4v) is 2.48. The van der Waals surface area contributed by atoms with E-state index >= 15 is 0 Å². The Morgan fingerprint density at radius 1 is 1.29 bits per heavy atom. The number of hydrogen-bond acceptors (Lipinski definition) is 4. The van der Waals surface area contributed by atoms with Crippen molar-refractivity contribution in [1.82, 2.24) is 4.98 Å². The van der Waals surface area contributed by atoms with Crippen LogP contribution in [0.5, 0.6) is 0 Å². The fraction of sp³-hybridized carbons (Fsp3) is 0.615. The summed E-state index contributed by atoms with van der Waals surface area (Å²) in [6.07, 6.45) is 7.59. The first-order chi connectivity index (χ1) is 8.24. The highest BCUT2D eigenvalue weighted by Crippen LogP contribution is 2.35. The van der Waals surface area contributed by atoms with Gasteiger partial charge in [-0.1, -0.05) is 19.3 Å². The van der Waals surface area contributed by atoms with Gasteiger partial charge in [-0.25, -0.2) is 4.98 Å². The number of anilines is 2. The van der Waals surface area contributed by atoms with Crippen molar-refractivity contribution in [2.45, 2.75) is 32.1 Å². The van der Waals surface area contributed by atoms with Gasteiger partial charge in [-0.3, -0.25) is 0 Å². The maximum Gasteiger partial charge on any atom is 0.126 e. The Bertz CT molecular complexity index is 344. The number of aromatic nitrogens is 1. The van der Waals surface area contributed by atoms with Crippen molar-refractivity contribution in [3.8, 4) is 0 Å². The monoisotopic (exact) mass is 235 g/mol. The lowest BCUT2D eigenvalue weighted by Crippen LogP contribution is -2.35. The van der Waals surface area contributed by atoms with E-state index in [1.54, 1.807) is 6.20 Å². The van der Waals surface area contributed by atoms with Gasteiger partial charge in [0.2, 0.25) is 0 Å². The molecule has 0 aromatic carbocycles. The van der Waals surface area contributed by atoms with Crippen LogP contribution >= 0.6 is 0 Å². The number of hydrogen-bond donors (Lipinski definition) is 3. The third-order valence-electron chi connectivity index (χ3n) is 3.68. The van der Waals surface area contributed by atoms with Gasteiger partial charge in [-0.2, -0.15) is 0 Å². The Morgan fingerprint density at radius 2 is 2.06 bits per heavy atom. The molecule has 1 aromatic rings. The summed E-state index contributed by atoms with van der Waals surface area (Å²) in [5.41, 5.74) is 6.30. The molecule has 4 nitrogen and oxygen atoms in total. The van der Waals surface area contributed by atoms with Crippen LogP contribution in [0.15, 0.2) is 18.3 Å². The molecule has 0 saturated heterocycles. The van der Waals surface area contributed by atoms with Crippen LogP contribution in [0.4, 0.5) is 11.5 Å². The quantitative estimate of drug-likeness (QED) is 0.746. The molecule has 0 unspecified atom stereocenters. The third-order valence-corrected chi connectivity index (χ3v) is 3.68. The molecular formula is C13H21N3O. The minimum atomic E-state index is 0.0430. The molecule has 0 aliphatic heterocycles. The van der Waals surface area contributed by atoms with Crippen LogP contribution in [0.3, 0.4) is 0 Å². The first-order valence-electron chi connectivity index (χ1n) is 6.30. The maximum absolute atomic E-state index is 9.58. The van der Waals surface area contributed by atoms with E-state index in [4.69, 9.17) is 5.73 Å². The summed E-state index contributed by atoms with van der Waals surface area (Å²) < 4.78 is 0. The van der Waals surface area contributed by atoms with Gasteiger partial charge in [-0.15, -0.1) is 0 Å². The number of aliphatic hydroxyl groups is 1.